The highest BCUT2D eigenvalue weighted by Gasteiger charge is 2.12. The molecule has 1 atom stereocenters. The number of nitrogens with zero attached hydrogens (tertiary/aromatic N) is 3. The van der Waals surface area contributed by atoms with Crippen molar-refractivity contribution in [2.45, 2.75) is 25.9 Å². The summed E-state index contributed by atoms with van der Waals surface area (Å²) in [6, 6.07) is 6.09. The molecule has 3 aromatic heterocycles. The van der Waals surface area contributed by atoms with E-state index in [0.29, 0.717) is 0 Å². The van der Waals surface area contributed by atoms with Gasteiger partial charge in [-0.1, -0.05) is 13.0 Å². The fourth-order valence-corrected chi connectivity index (χ4v) is 2.92. The molecule has 1 unspecified atom stereocenters. The first kappa shape index (κ1) is 13.9. The SMILES string of the molecule is CCC(NCc1csc(-c2ccccn2)n1)c1ncc[nH]1. The second-order valence-electron chi connectivity index (χ2n) is 4.68. The molecule has 21 heavy (non-hydrogen) atoms. The second-order valence-corrected chi connectivity index (χ2v) is 5.53. The quantitative estimate of drug-likeness (QED) is 0.733. The normalized spacial score (nSPS) is 12.4. The van der Waals surface area contributed by atoms with Gasteiger partial charge in [-0.2, -0.15) is 0 Å². The Labute approximate surface area is 127 Å². The van der Waals surface area contributed by atoms with Crippen LogP contribution in [0.1, 0.15) is 30.9 Å². The number of hydrogen-bond donors (Lipinski definition) is 2. The van der Waals surface area contributed by atoms with Crippen molar-refractivity contribution in [1.82, 2.24) is 25.3 Å². The molecular weight excluding hydrogens is 282 g/mol. The number of thiazole rings is 1. The molecule has 0 saturated heterocycles. The van der Waals surface area contributed by atoms with Gasteiger partial charge in [0.25, 0.3) is 0 Å². The summed E-state index contributed by atoms with van der Waals surface area (Å²) in [5, 5.41) is 6.52. The Morgan fingerprint density at radius 2 is 2.24 bits per heavy atom. The highest BCUT2D eigenvalue weighted by Crippen LogP contribution is 2.21. The van der Waals surface area contributed by atoms with Gasteiger partial charge in [-0.15, -0.1) is 11.3 Å². The van der Waals surface area contributed by atoms with Crippen LogP contribution in [0.15, 0.2) is 42.2 Å². The molecule has 0 aliphatic heterocycles. The van der Waals surface area contributed by atoms with E-state index >= 15 is 0 Å². The van der Waals surface area contributed by atoms with Crippen molar-refractivity contribution in [2.24, 2.45) is 0 Å². The van der Waals surface area contributed by atoms with Gasteiger partial charge in [-0.05, 0) is 18.6 Å². The lowest BCUT2D eigenvalue weighted by molar-refractivity contribution is 0.494. The Morgan fingerprint density at radius 3 is 2.95 bits per heavy atom. The van der Waals surface area contributed by atoms with Crippen LogP contribution in [-0.4, -0.2) is 19.9 Å². The number of aromatic nitrogens is 4. The topological polar surface area (TPSA) is 66.5 Å². The molecule has 3 heterocycles. The van der Waals surface area contributed by atoms with Crippen LogP contribution in [0, 0.1) is 0 Å². The Balaban J connectivity index is 1.65. The lowest BCUT2D eigenvalue weighted by Gasteiger charge is -2.13. The number of aromatic amines is 1. The lowest BCUT2D eigenvalue weighted by Crippen LogP contribution is -2.21. The first-order chi connectivity index (χ1) is 10.4. The predicted octanol–water partition coefficient (Wildman–Crippen LogP) is 3.17. The number of H-pyrrole nitrogens is 1. The Kier molecular flexibility index (Phi) is 4.37. The number of rotatable bonds is 6. The van der Waals surface area contributed by atoms with Gasteiger partial charge in [-0.3, -0.25) is 4.98 Å². The van der Waals surface area contributed by atoms with E-state index in [1.807, 2.05) is 24.4 Å². The van der Waals surface area contributed by atoms with Gasteiger partial charge in [0.2, 0.25) is 0 Å². The first-order valence-electron chi connectivity index (χ1n) is 6.95. The fourth-order valence-electron chi connectivity index (χ4n) is 2.13. The van der Waals surface area contributed by atoms with Crippen molar-refractivity contribution in [1.29, 1.82) is 0 Å². The molecular formula is C15H17N5S. The molecule has 0 amide bonds. The van der Waals surface area contributed by atoms with Crippen LogP contribution in [0.3, 0.4) is 0 Å². The maximum atomic E-state index is 4.63. The Bertz CT molecular complexity index is 662. The average molecular weight is 299 g/mol. The maximum absolute atomic E-state index is 4.63. The number of imidazole rings is 1. The van der Waals surface area contributed by atoms with Crippen molar-refractivity contribution in [2.75, 3.05) is 0 Å². The number of pyridine rings is 1. The smallest absolute Gasteiger partial charge is 0.142 e. The van der Waals surface area contributed by atoms with Gasteiger partial charge < -0.3 is 10.3 Å². The summed E-state index contributed by atoms with van der Waals surface area (Å²) in [7, 11) is 0. The van der Waals surface area contributed by atoms with Gasteiger partial charge in [-0.25, -0.2) is 9.97 Å². The van der Waals surface area contributed by atoms with Crippen LogP contribution >= 0.6 is 11.3 Å². The molecule has 2 N–H and O–H groups in total. The Morgan fingerprint density at radius 1 is 1.29 bits per heavy atom. The third-order valence-electron chi connectivity index (χ3n) is 3.22. The van der Waals surface area contributed by atoms with Gasteiger partial charge in [0, 0.05) is 30.5 Å². The molecule has 3 aromatic rings. The molecule has 0 aliphatic rings. The standard InChI is InChI=1S/C15H17N5S/c1-2-12(14-17-7-8-18-14)19-9-11-10-21-15(20-11)13-5-3-4-6-16-13/h3-8,10,12,19H,2,9H2,1H3,(H,17,18). The van der Waals surface area contributed by atoms with Crippen LogP contribution in [-0.2, 0) is 6.54 Å². The number of nitrogens with one attached hydrogen (secondary N) is 2. The molecule has 0 aliphatic carbocycles. The molecule has 108 valence electrons. The van der Waals surface area contributed by atoms with E-state index in [1.54, 1.807) is 23.7 Å². The highest BCUT2D eigenvalue weighted by atomic mass is 32.1. The lowest BCUT2D eigenvalue weighted by atomic mass is 10.2. The van der Waals surface area contributed by atoms with E-state index in [-0.39, 0.29) is 6.04 Å². The van der Waals surface area contributed by atoms with E-state index in [9.17, 15) is 0 Å². The van der Waals surface area contributed by atoms with E-state index in [2.05, 4.69) is 37.6 Å². The minimum Gasteiger partial charge on any atom is -0.347 e. The van der Waals surface area contributed by atoms with Gasteiger partial charge in [0.15, 0.2) is 0 Å². The summed E-state index contributed by atoms with van der Waals surface area (Å²) in [4.78, 5) is 16.4. The predicted molar refractivity (Wildman–Crippen MR) is 83.8 cm³/mol. The first-order valence-corrected chi connectivity index (χ1v) is 7.83. The van der Waals surface area contributed by atoms with Crippen LogP contribution in [0.25, 0.3) is 10.7 Å². The van der Waals surface area contributed by atoms with Crippen molar-refractivity contribution >= 4 is 11.3 Å². The largest absolute Gasteiger partial charge is 0.347 e. The zero-order valence-corrected chi connectivity index (χ0v) is 12.6. The molecule has 3 rings (SSSR count). The molecule has 0 radical (unpaired) electrons. The van der Waals surface area contributed by atoms with Crippen molar-refractivity contribution in [3.05, 3.63) is 53.7 Å². The zero-order valence-electron chi connectivity index (χ0n) is 11.8. The van der Waals surface area contributed by atoms with Gasteiger partial charge in [0.05, 0.1) is 17.4 Å². The maximum Gasteiger partial charge on any atom is 0.142 e. The van der Waals surface area contributed by atoms with Gasteiger partial charge >= 0.3 is 0 Å². The minimum atomic E-state index is 0.222. The fraction of sp³-hybridized carbons (Fsp3) is 0.267. The summed E-state index contributed by atoms with van der Waals surface area (Å²) in [6.45, 7) is 2.86. The molecule has 0 spiro atoms. The summed E-state index contributed by atoms with van der Waals surface area (Å²) < 4.78 is 0. The monoisotopic (exact) mass is 299 g/mol. The van der Waals surface area contributed by atoms with E-state index < -0.39 is 0 Å². The van der Waals surface area contributed by atoms with Crippen LogP contribution in [0.2, 0.25) is 0 Å². The molecule has 0 aromatic carbocycles. The number of hydrogen-bond acceptors (Lipinski definition) is 5. The van der Waals surface area contributed by atoms with Gasteiger partial charge in [0.1, 0.15) is 10.8 Å². The molecule has 0 saturated carbocycles. The zero-order chi connectivity index (χ0) is 14.5. The molecule has 0 bridgehead atoms. The Hall–Kier alpha value is -2.05. The van der Waals surface area contributed by atoms with Crippen LogP contribution in [0.4, 0.5) is 0 Å². The van der Waals surface area contributed by atoms with Crippen LogP contribution < -0.4 is 5.32 Å². The van der Waals surface area contributed by atoms with E-state index in [1.165, 1.54) is 0 Å². The van der Waals surface area contributed by atoms with Crippen molar-refractivity contribution < 1.29 is 0 Å². The summed E-state index contributed by atoms with van der Waals surface area (Å²) in [5.74, 6) is 0.970. The molecule has 6 heteroatoms. The summed E-state index contributed by atoms with van der Waals surface area (Å²) in [5.41, 5.74) is 1.96. The molecule has 0 fully saturated rings. The average Bonchev–Trinajstić information content (AvgIpc) is 3.20. The van der Waals surface area contributed by atoms with Crippen LogP contribution in [0.5, 0.6) is 0 Å². The summed E-state index contributed by atoms with van der Waals surface area (Å²) >= 11 is 1.62. The molecule has 5 nitrogen and oxygen atoms in total. The second kappa shape index (κ2) is 6.60. The van der Waals surface area contributed by atoms with Crippen molar-refractivity contribution in [3.63, 3.8) is 0 Å². The van der Waals surface area contributed by atoms with E-state index in [4.69, 9.17) is 0 Å². The van der Waals surface area contributed by atoms with E-state index in [0.717, 1.165) is 35.2 Å². The van der Waals surface area contributed by atoms with Crippen molar-refractivity contribution in [3.8, 4) is 10.7 Å². The third-order valence-corrected chi connectivity index (χ3v) is 4.14. The summed E-state index contributed by atoms with van der Waals surface area (Å²) in [6.07, 6.45) is 6.40. The third kappa shape index (κ3) is 3.34. The highest BCUT2D eigenvalue weighted by molar-refractivity contribution is 7.13. The minimum absolute atomic E-state index is 0.222.